The van der Waals surface area contributed by atoms with Crippen LogP contribution in [-0.4, -0.2) is 91.9 Å². The van der Waals surface area contributed by atoms with Crippen LogP contribution in [0.2, 0.25) is 0 Å². The van der Waals surface area contributed by atoms with Gasteiger partial charge in [0.05, 0.1) is 11.4 Å². The van der Waals surface area contributed by atoms with E-state index >= 15 is 0 Å². The lowest BCUT2D eigenvalue weighted by Gasteiger charge is -2.29. The molecule has 3 amide bonds. The third-order valence-corrected chi connectivity index (χ3v) is 9.64. The molecule has 1 fully saturated rings. The minimum atomic E-state index is -0.557. The number of primary amides is 1. The minimum absolute atomic E-state index is 0.133. The summed E-state index contributed by atoms with van der Waals surface area (Å²) in [7, 11) is 1.79. The van der Waals surface area contributed by atoms with Crippen molar-refractivity contribution in [2.45, 2.75) is 39.5 Å². The van der Waals surface area contributed by atoms with Crippen molar-refractivity contribution in [1.29, 1.82) is 0 Å². The molecule has 1 saturated heterocycles. The Balaban J connectivity index is 0.000000428. The number of rotatable bonds is 11. The number of nitrogens with one attached hydrogen (secondary N) is 2. The van der Waals surface area contributed by atoms with Gasteiger partial charge in [-0.05, 0) is 99.2 Å². The van der Waals surface area contributed by atoms with Crippen LogP contribution in [0.5, 0.6) is 0 Å². The molecule has 0 atom stereocenters. The first-order valence-corrected chi connectivity index (χ1v) is 18.1. The van der Waals surface area contributed by atoms with Crippen LogP contribution >= 0.6 is 0 Å². The second-order valence-corrected chi connectivity index (χ2v) is 13.0. The number of anilines is 2. The first-order chi connectivity index (χ1) is 24.8. The van der Waals surface area contributed by atoms with E-state index in [9.17, 15) is 14.4 Å². The standard InChI is InChI=1S/C31H39N7O3.C10H12/c1-4-38(5-2)25-9-10-27(26(21-25)28-20-22(29(32)39)11-12-34-28)35-30(40)23-7-6-8-24(19-23)31(41)36(3)17-18-37-15-13-33-14-16-37;1-2-6-10-8-4-3-7-9(10)5-1/h6-12,19-21,33H,4-5,13-18H2,1-3H3,(H2,32,39)(H,35,40);1-2,5-6H,3-4,7-8H2. The topological polar surface area (TPSA) is 124 Å². The van der Waals surface area contributed by atoms with E-state index in [0.29, 0.717) is 40.2 Å². The molecule has 268 valence electrons. The fourth-order valence-corrected chi connectivity index (χ4v) is 6.58. The number of amides is 3. The molecule has 1 aromatic heterocycles. The molecule has 1 aliphatic carbocycles. The quantitative estimate of drug-likeness (QED) is 0.190. The molecular formula is C41H51N7O3. The van der Waals surface area contributed by atoms with Crippen molar-refractivity contribution in [3.05, 3.63) is 113 Å². The Labute approximate surface area is 302 Å². The van der Waals surface area contributed by atoms with Gasteiger partial charge in [0, 0.05) is 93.5 Å². The molecule has 0 bridgehead atoms. The van der Waals surface area contributed by atoms with Gasteiger partial charge in [-0.2, -0.15) is 0 Å². The molecule has 10 heteroatoms. The second kappa shape index (κ2) is 18.3. The van der Waals surface area contributed by atoms with Gasteiger partial charge >= 0.3 is 0 Å². The maximum atomic E-state index is 13.4. The molecule has 0 saturated carbocycles. The van der Waals surface area contributed by atoms with E-state index in [1.807, 2.05) is 18.2 Å². The zero-order valence-corrected chi connectivity index (χ0v) is 30.2. The van der Waals surface area contributed by atoms with Gasteiger partial charge < -0.3 is 26.2 Å². The summed E-state index contributed by atoms with van der Waals surface area (Å²) in [5.41, 5.74) is 12.5. The second-order valence-electron chi connectivity index (χ2n) is 13.0. The lowest BCUT2D eigenvalue weighted by atomic mass is 9.92. The maximum absolute atomic E-state index is 13.4. The van der Waals surface area contributed by atoms with E-state index in [2.05, 4.69) is 63.5 Å². The monoisotopic (exact) mass is 689 g/mol. The number of pyridine rings is 1. The van der Waals surface area contributed by atoms with Gasteiger partial charge in [-0.3, -0.25) is 24.3 Å². The summed E-state index contributed by atoms with van der Waals surface area (Å²) < 4.78 is 0. The highest BCUT2D eigenvalue weighted by Crippen LogP contribution is 2.32. The number of aryl methyl sites for hydroxylation is 2. The molecule has 4 aromatic rings. The van der Waals surface area contributed by atoms with Gasteiger partial charge in [-0.25, -0.2) is 0 Å². The van der Waals surface area contributed by atoms with Crippen LogP contribution in [0.1, 0.15) is 68.9 Å². The van der Waals surface area contributed by atoms with Crippen molar-refractivity contribution in [3.63, 3.8) is 0 Å². The number of nitrogens with zero attached hydrogens (tertiary/aromatic N) is 4. The minimum Gasteiger partial charge on any atom is -0.372 e. The van der Waals surface area contributed by atoms with Crippen LogP contribution in [0.25, 0.3) is 11.3 Å². The first kappa shape index (κ1) is 37.2. The zero-order chi connectivity index (χ0) is 36.2. The molecule has 0 unspecified atom stereocenters. The van der Waals surface area contributed by atoms with Crippen molar-refractivity contribution in [1.82, 2.24) is 20.1 Å². The van der Waals surface area contributed by atoms with Crippen molar-refractivity contribution in [2.24, 2.45) is 5.73 Å². The fraction of sp³-hybridized carbons (Fsp3) is 0.366. The molecule has 2 heterocycles. The number of likely N-dealkylation sites (N-methyl/N-ethyl adjacent to an activating group) is 1. The average molecular weight is 690 g/mol. The Morgan fingerprint density at radius 1 is 0.843 bits per heavy atom. The van der Waals surface area contributed by atoms with Crippen LogP contribution in [0.3, 0.4) is 0 Å². The number of nitrogens with two attached hydrogens (primary N) is 1. The van der Waals surface area contributed by atoms with Crippen LogP contribution in [0, 0.1) is 0 Å². The molecule has 51 heavy (non-hydrogen) atoms. The SMILES string of the molecule is CCN(CC)c1ccc(NC(=O)c2cccc(C(=O)N(C)CCN3CCNCC3)c2)c(-c2cc(C(N)=O)ccn2)c1.c1ccc2c(c1)CCCC2. The first-order valence-electron chi connectivity index (χ1n) is 18.1. The Morgan fingerprint density at radius 3 is 2.20 bits per heavy atom. The Bertz CT molecular complexity index is 1770. The smallest absolute Gasteiger partial charge is 0.255 e. The van der Waals surface area contributed by atoms with E-state index in [0.717, 1.165) is 51.5 Å². The number of hydrogen-bond acceptors (Lipinski definition) is 7. The number of benzene rings is 3. The lowest BCUT2D eigenvalue weighted by molar-refractivity contribution is 0.0774. The summed E-state index contributed by atoms with van der Waals surface area (Å²) in [6.45, 7) is 11.0. The van der Waals surface area contributed by atoms with E-state index < -0.39 is 5.91 Å². The molecule has 1 aliphatic heterocycles. The molecule has 0 radical (unpaired) electrons. The predicted octanol–water partition coefficient (Wildman–Crippen LogP) is 5.49. The van der Waals surface area contributed by atoms with Crippen LogP contribution < -0.4 is 21.3 Å². The Morgan fingerprint density at radius 2 is 1.53 bits per heavy atom. The normalized spacial score (nSPS) is 14.0. The lowest BCUT2D eigenvalue weighted by Crippen LogP contribution is -2.46. The summed E-state index contributed by atoms with van der Waals surface area (Å²) in [5, 5.41) is 6.32. The summed E-state index contributed by atoms with van der Waals surface area (Å²) in [5.74, 6) is -1.05. The molecule has 4 N–H and O–H groups in total. The fourth-order valence-electron chi connectivity index (χ4n) is 6.58. The number of piperazine rings is 1. The summed E-state index contributed by atoms with van der Waals surface area (Å²) in [4.78, 5) is 49.1. The van der Waals surface area contributed by atoms with E-state index in [1.54, 1.807) is 59.5 Å². The van der Waals surface area contributed by atoms with Crippen LogP contribution in [-0.2, 0) is 12.8 Å². The van der Waals surface area contributed by atoms with Gasteiger partial charge in [0.2, 0.25) is 5.91 Å². The van der Waals surface area contributed by atoms with Crippen molar-refractivity contribution >= 4 is 29.1 Å². The van der Waals surface area contributed by atoms with Gasteiger partial charge in [0.25, 0.3) is 11.8 Å². The van der Waals surface area contributed by atoms with Crippen LogP contribution in [0.15, 0.2) is 85.1 Å². The highest BCUT2D eigenvalue weighted by Gasteiger charge is 2.19. The van der Waals surface area contributed by atoms with E-state index in [-0.39, 0.29) is 11.8 Å². The van der Waals surface area contributed by atoms with Gasteiger partial charge in [0.1, 0.15) is 0 Å². The molecule has 10 nitrogen and oxygen atoms in total. The number of carbonyl (C=O) groups is 3. The van der Waals surface area contributed by atoms with Crippen molar-refractivity contribution < 1.29 is 14.4 Å². The van der Waals surface area contributed by atoms with Crippen molar-refractivity contribution in [3.8, 4) is 11.3 Å². The Kier molecular flexibility index (Phi) is 13.3. The van der Waals surface area contributed by atoms with Crippen LogP contribution in [0.4, 0.5) is 11.4 Å². The summed E-state index contributed by atoms with van der Waals surface area (Å²) in [6.07, 6.45) is 6.90. The third-order valence-electron chi connectivity index (χ3n) is 9.64. The maximum Gasteiger partial charge on any atom is 0.255 e. The molecule has 0 spiro atoms. The van der Waals surface area contributed by atoms with Crippen molar-refractivity contribution in [2.75, 3.05) is 69.6 Å². The molecular weight excluding hydrogens is 638 g/mol. The van der Waals surface area contributed by atoms with E-state index in [1.165, 1.54) is 31.9 Å². The molecule has 3 aromatic carbocycles. The average Bonchev–Trinajstić information content (AvgIpc) is 3.18. The number of fused-ring (bicyclic) bond motifs is 1. The van der Waals surface area contributed by atoms with Gasteiger partial charge in [-0.15, -0.1) is 0 Å². The van der Waals surface area contributed by atoms with E-state index in [4.69, 9.17) is 5.73 Å². The molecule has 2 aliphatic rings. The number of carbonyl (C=O) groups excluding carboxylic acids is 3. The van der Waals surface area contributed by atoms with Gasteiger partial charge in [0.15, 0.2) is 0 Å². The summed E-state index contributed by atoms with van der Waals surface area (Å²) >= 11 is 0. The predicted molar refractivity (Wildman–Crippen MR) is 206 cm³/mol. The number of hydrogen-bond donors (Lipinski definition) is 3. The highest BCUT2D eigenvalue weighted by molar-refractivity contribution is 6.08. The summed E-state index contributed by atoms with van der Waals surface area (Å²) in [6, 6.07) is 24.4. The Hall–Kier alpha value is -5.06. The largest absolute Gasteiger partial charge is 0.372 e. The zero-order valence-electron chi connectivity index (χ0n) is 30.2. The third kappa shape index (κ3) is 10.0. The van der Waals surface area contributed by atoms with Gasteiger partial charge in [-0.1, -0.05) is 30.3 Å². The molecule has 6 rings (SSSR count). The number of aromatic nitrogens is 1. The highest BCUT2D eigenvalue weighted by atomic mass is 16.2.